The highest BCUT2D eigenvalue weighted by atomic mass is 16.3. The van der Waals surface area contributed by atoms with Crippen LogP contribution in [0, 0.1) is 0 Å². The number of piperidine rings is 1. The Balaban J connectivity index is 1.87. The minimum atomic E-state index is -0.134. The van der Waals surface area contributed by atoms with Crippen molar-refractivity contribution in [1.29, 1.82) is 0 Å². The fourth-order valence-corrected chi connectivity index (χ4v) is 4.75. The fraction of sp³-hybridized carbons (Fsp3) is 0.200. The Morgan fingerprint density at radius 3 is 2.20 bits per heavy atom. The van der Waals surface area contributed by atoms with E-state index in [4.69, 9.17) is 4.42 Å². The average Bonchev–Trinajstić information content (AvgIpc) is 2.80. The van der Waals surface area contributed by atoms with E-state index in [-0.39, 0.29) is 10.9 Å². The lowest BCUT2D eigenvalue weighted by Crippen LogP contribution is -2.31. The summed E-state index contributed by atoms with van der Waals surface area (Å²) in [6.07, 6.45) is 3.34. The maximum atomic E-state index is 13.6. The van der Waals surface area contributed by atoms with Gasteiger partial charge in [-0.3, -0.25) is 9.59 Å². The second-order valence-corrected chi connectivity index (χ2v) is 7.99. The molecular weight excluding hydrogens is 376 g/mol. The summed E-state index contributed by atoms with van der Waals surface area (Å²) in [6, 6.07) is 16.7. The highest BCUT2D eigenvalue weighted by Gasteiger charge is 2.22. The molecule has 1 N–H and O–H groups in total. The molecule has 5 nitrogen and oxygen atoms in total. The standard InChI is InChI=1S/C25H20N2O3/c28-24-15-8-2-3-9-16(15)25(29)22-21(24)18(27-12-6-1-7-13-27)14-20-23(22)26-17-10-4-5-11-19(17)30-20/h2-5,8-11,14,26H,1,6-7,12-13H2. The molecular formula is C25H20N2O3. The van der Waals surface area contributed by atoms with Crippen LogP contribution in [0.5, 0.6) is 0 Å². The Bertz CT molecular complexity index is 1570. The first-order chi connectivity index (χ1) is 14.7. The molecule has 0 aliphatic carbocycles. The van der Waals surface area contributed by atoms with Gasteiger partial charge in [-0.05, 0) is 31.4 Å². The van der Waals surface area contributed by atoms with Gasteiger partial charge in [0.15, 0.2) is 22.0 Å². The molecule has 1 aliphatic heterocycles. The topological polar surface area (TPSA) is 66.3 Å². The van der Waals surface area contributed by atoms with Crippen LogP contribution in [-0.4, -0.2) is 18.1 Å². The van der Waals surface area contributed by atoms with E-state index in [0.29, 0.717) is 38.2 Å². The summed E-state index contributed by atoms with van der Waals surface area (Å²) in [5, 5.41) is 1.85. The Morgan fingerprint density at radius 1 is 0.767 bits per heavy atom. The number of hydrogen-bond acceptors (Lipinski definition) is 4. The first-order valence-corrected chi connectivity index (χ1v) is 10.4. The van der Waals surface area contributed by atoms with Crippen LogP contribution in [0.3, 0.4) is 0 Å². The van der Waals surface area contributed by atoms with E-state index in [1.165, 1.54) is 6.42 Å². The van der Waals surface area contributed by atoms with Crippen LogP contribution in [0.1, 0.15) is 19.3 Å². The summed E-state index contributed by atoms with van der Waals surface area (Å²) in [6.45, 7) is 1.75. The number of aromatic nitrogens is 1. The van der Waals surface area contributed by atoms with Gasteiger partial charge in [0, 0.05) is 29.9 Å². The van der Waals surface area contributed by atoms with Crippen molar-refractivity contribution in [3.63, 3.8) is 0 Å². The highest BCUT2D eigenvalue weighted by Crippen LogP contribution is 2.34. The van der Waals surface area contributed by atoms with Crippen molar-refractivity contribution < 1.29 is 4.42 Å². The molecule has 1 aliphatic rings. The van der Waals surface area contributed by atoms with E-state index in [1.54, 1.807) is 18.2 Å². The summed E-state index contributed by atoms with van der Waals surface area (Å²) in [7, 11) is 0. The van der Waals surface area contributed by atoms with Crippen molar-refractivity contribution in [2.24, 2.45) is 0 Å². The first kappa shape index (κ1) is 17.3. The van der Waals surface area contributed by atoms with E-state index >= 15 is 0 Å². The van der Waals surface area contributed by atoms with Gasteiger partial charge in [0.2, 0.25) is 0 Å². The van der Waals surface area contributed by atoms with Gasteiger partial charge in [-0.15, -0.1) is 0 Å². The molecule has 0 radical (unpaired) electrons. The first-order valence-electron chi connectivity index (χ1n) is 10.4. The van der Waals surface area contributed by atoms with Gasteiger partial charge >= 0.3 is 0 Å². The summed E-state index contributed by atoms with van der Waals surface area (Å²) in [5.41, 5.74) is 3.25. The average molecular weight is 396 g/mol. The number of para-hydroxylation sites is 2. The molecule has 1 aromatic heterocycles. The normalized spacial score (nSPS) is 14.9. The molecule has 4 aromatic carbocycles. The third-order valence-corrected chi connectivity index (χ3v) is 6.20. The molecule has 0 atom stereocenters. The van der Waals surface area contributed by atoms with Crippen molar-refractivity contribution in [2.75, 3.05) is 18.0 Å². The second kappa shape index (κ2) is 6.46. The lowest BCUT2D eigenvalue weighted by Gasteiger charge is -2.30. The van der Waals surface area contributed by atoms with Gasteiger partial charge in [-0.1, -0.05) is 36.4 Å². The summed E-state index contributed by atoms with van der Waals surface area (Å²) in [4.78, 5) is 32.8. The van der Waals surface area contributed by atoms with E-state index < -0.39 is 0 Å². The molecule has 0 saturated carbocycles. The lowest BCUT2D eigenvalue weighted by molar-refractivity contribution is 0.578. The molecule has 5 heteroatoms. The molecule has 1 saturated heterocycles. The minimum absolute atomic E-state index is 0.0933. The van der Waals surface area contributed by atoms with Crippen LogP contribution in [0.15, 0.2) is 68.6 Å². The van der Waals surface area contributed by atoms with Crippen molar-refractivity contribution in [2.45, 2.75) is 19.3 Å². The predicted molar refractivity (Wildman–Crippen MR) is 122 cm³/mol. The van der Waals surface area contributed by atoms with Crippen LogP contribution >= 0.6 is 0 Å². The molecule has 6 rings (SSSR count). The largest absolute Gasteiger partial charge is 0.453 e. The van der Waals surface area contributed by atoms with Crippen LogP contribution in [-0.2, 0) is 0 Å². The third kappa shape index (κ3) is 2.41. The SMILES string of the molecule is O=c1c2ccccc2c(=O)c2c1c(N1CCCCC1)cc1oc3ccccc3[nH]c12. The van der Waals surface area contributed by atoms with E-state index in [0.717, 1.165) is 37.1 Å². The van der Waals surface area contributed by atoms with Gasteiger partial charge in [-0.2, -0.15) is 0 Å². The number of aromatic amines is 1. The molecule has 0 spiro atoms. The smallest absolute Gasteiger partial charge is 0.196 e. The van der Waals surface area contributed by atoms with Crippen LogP contribution in [0.25, 0.3) is 43.7 Å². The monoisotopic (exact) mass is 396 g/mol. The molecule has 0 amide bonds. The lowest BCUT2D eigenvalue weighted by atomic mass is 9.98. The molecule has 5 aromatic rings. The number of hydrogen-bond donors (Lipinski definition) is 1. The van der Waals surface area contributed by atoms with Gasteiger partial charge in [-0.25, -0.2) is 0 Å². The fourth-order valence-electron chi connectivity index (χ4n) is 4.75. The number of nitrogens with zero attached hydrogens (tertiary/aromatic N) is 1. The zero-order valence-electron chi connectivity index (χ0n) is 16.4. The van der Waals surface area contributed by atoms with Gasteiger partial charge < -0.3 is 14.3 Å². The number of benzene rings is 4. The summed E-state index contributed by atoms with van der Waals surface area (Å²) < 4.78 is 6.19. The van der Waals surface area contributed by atoms with Crippen molar-refractivity contribution in [3.8, 4) is 0 Å². The van der Waals surface area contributed by atoms with Gasteiger partial charge in [0.25, 0.3) is 0 Å². The highest BCUT2D eigenvalue weighted by molar-refractivity contribution is 6.14. The Hall–Kier alpha value is -3.60. The predicted octanol–water partition coefficient (Wildman–Crippen LogP) is 4.93. The van der Waals surface area contributed by atoms with Crippen molar-refractivity contribution >= 4 is 49.4 Å². The zero-order valence-corrected chi connectivity index (χ0v) is 16.4. The Kier molecular flexibility index (Phi) is 3.72. The molecule has 2 heterocycles. The molecule has 0 unspecified atom stereocenters. The van der Waals surface area contributed by atoms with Crippen LogP contribution in [0.4, 0.5) is 5.69 Å². The Labute approximate surface area is 171 Å². The molecule has 30 heavy (non-hydrogen) atoms. The molecule has 0 bridgehead atoms. The van der Waals surface area contributed by atoms with Crippen LogP contribution < -0.4 is 15.8 Å². The van der Waals surface area contributed by atoms with Gasteiger partial charge in [0.05, 0.1) is 27.5 Å². The van der Waals surface area contributed by atoms with E-state index in [9.17, 15) is 9.59 Å². The number of fused-ring (bicyclic) bond motifs is 5. The number of H-pyrrole nitrogens is 1. The van der Waals surface area contributed by atoms with E-state index in [2.05, 4.69) is 9.88 Å². The number of nitrogens with one attached hydrogen (secondary N) is 1. The molecule has 148 valence electrons. The van der Waals surface area contributed by atoms with E-state index in [1.807, 2.05) is 36.4 Å². The quantitative estimate of drug-likeness (QED) is 0.322. The zero-order chi connectivity index (χ0) is 20.2. The van der Waals surface area contributed by atoms with Crippen molar-refractivity contribution in [1.82, 2.24) is 4.98 Å². The number of anilines is 1. The Morgan fingerprint density at radius 2 is 1.43 bits per heavy atom. The molecule has 1 fully saturated rings. The summed E-state index contributed by atoms with van der Waals surface area (Å²) in [5.74, 6) is 0. The maximum Gasteiger partial charge on any atom is 0.196 e. The second-order valence-electron chi connectivity index (χ2n) is 7.99. The number of rotatable bonds is 1. The minimum Gasteiger partial charge on any atom is -0.453 e. The third-order valence-electron chi connectivity index (χ3n) is 6.20. The maximum absolute atomic E-state index is 13.6. The van der Waals surface area contributed by atoms with Gasteiger partial charge in [0.1, 0.15) is 0 Å². The summed E-state index contributed by atoms with van der Waals surface area (Å²) >= 11 is 0. The van der Waals surface area contributed by atoms with Crippen LogP contribution in [0.2, 0.25) is 0 Å². The van der Waals surface area contributed by atoms with Crippen molar-refractivity contribution in [3.05, 3.63) is 75.0 Å².